The number of nitrogens with one attached hydrogen (secondary N) is 1. The Hall–Kier alpha value is -2.92. The van der Waals surface area contributed by atoms with Crippen molar-refractivity contribution in [3.05, 3.63) is 71.9 Å². The van der Waals surface area contributed by atoms with Crippen LogP contribution in [-0.4, -0.2) is 29.1 Å². The standard InChI is InChI=1S/C26H30N2O3/c1-25(2,3)24(30)31-22-16-26(17-27-22,15-18-8-6-5-7-9-18)23(29)20-10-11-21-19(14-20)12-13-28(21)4/h5-14,22,27H,15-17H2,1-4H3. The van der Waals surface area contributed by atoms with Crippen LogP contribution < -0.4 is 5.32 Å². The van der Waals surface area contributed by atoms with Gasteiger partial charge in [-0.05, 0) is 57.0 Å². The van der Waals surface area contributed by atoms with Crippen LogP contribution in [0.1, 0.15) is 43.1 Å². The molecule has 1 N–H and O–H groups in total. The fourth-order valence-electron chi connectivity index (χ4n) is 4.30. The Morgan fingerprint density at radius 3 is 2.58 bits per heavy atom. The van der Waals surface area contributed by atoms with E-state index in [9.17, 15) is 9.59 Å². The zero-order chi connectivity index (χ0) is 22.2. The molecule has 1 aliphatic rings. The molecule has 2 aromatic carbocycles. The van der Waals surface area contributed by atoms with Crippen molar-refractivity contribution in [2.75, 3.05) is 6.54 Å². The molecule has 1 aliphatic heterocycles. The highest BCUT2D eigenvalue weighted by molar-refractivity contribution is 6.03. The number of Topliss-reactive ketones (excluding diaryl/α,β-unsaturated/α-hetero) is 1. The van der Waals surface area contributed by atoms with Gasteiger partial charge in [-0.15, -0.1) is 0 Å². The number of fused-ring (bicyclic) bond motifs is 1. The molecule has 1 fully saturated rings. The van der Waals surface area contributed by atoms with E-state index in [0.717, 1.165) is 16.5 Å². The van der Waals surface area contributed by atoms with Crippen LogP contribution in [0.2, 0.25) is 0 Å². The summed E-state index contributed by atoms with van der Waals surface area (Å²) >= 11 is 0. The van der Waals surface area contributed by atoms with Crippen molar-refractivity contribution in [1.82, 2.24) is 9.88 Å². The second-order valence-electron chi connectivity index (χ2n) is 9.70. The minimum Gasteiger partial charge on any atom is -0.446 e. The molecule has 2 atom stereocenters. The van der Waals surface area contributed by atoms with Crippen LogP contribution in [0.3, 0.4) is 0 Å². The first kappa shape index (κ1) is 21.3. The lowest BCUT2D eigenvalue weighted by Gasteiger charge is -2.27. The molecule has 162 valence electrons. The van der Waals surface area contributed by atoms with E-state index < -0.39 is 17.1 Å². The van der Waals surface area contributed by atoms with Crippen LogP contribution in [0, 0.1) is 10.8 Å². The molecule has 4 rings (SSSR count). The SMILES string of the molecule is Cn1ccc2cc(C(=O)C3(Cc4ccccc4)CNC(OC(=O)C(C)(C)C)C3)ccc21. The average Bonchev–Trinajstić information content (AvgIpc) is 3.31. The van der Waals surface area contributed by atoms with Gasteiger partial charge in [-0.1, -0.05) is 30.3 Å². The van der Waals surface area contributed by atoms with Crippen molar-refractivity contribution in [2.45, 2.75) is 39.8 Å². The Balaban J connectivity index is 1.65. The predicted molar refractivity (Wildman–Crippen MR) is 122 cm³/mol. The third kappa shape index (κ3) is 4.28. The molecule has 0 bridgehead atoms. The normalized spacial score (nSPS) is 21.4. The van der Waals surface area contributed by atoms with Crippen LogP contribution in [0.25, 0.3) is 10.9 Å². The highest BCUT2D eigenvalue weighted by Gasteiger charge is 2.47. The summed E-state index contributed by atoms with van der Waals surface area (Å²) in [7, 11) is 2.00. The van der Waals surface area contributed by atoms with Gasteiger partial charge in [-0.3, -0.25) is 14.9 Å². The Labute approximate surface area is 183 Å². The van der Waals surface area contributed by atoms with Crippen LogP contribution >= 0.6 is 0 Å². The van der Waals surface area contributed by atoms with Crippen molar-refractivity contribution < 1.29 is 14.3 Å². The van der Waals surface area contributed by atoms with Gasteiger partial charge in [-0.25, -0.2) is 0 Å². The van der Waals surface area contributed by atoms with Gasteiger partial charge >= 0.3 is 5.97 Å². The Bertz CT molecular complexity index is 1110. The average molecular weight is 419 g/mol. The molecule has 0 radical (unpaired) electrons. The number of hydrogen-bond donors (Lipinski definition) is 1. The summed E-state index contributed by atoms with van der Waals surface area (Å²) in [5.41, 5.74) is 1.62. The first-order valence-corrected chi connectivity index (χ1v) is 10.8. The summed E-state index contributed by atoms with van der Waals surface area (Å²) < 4.78 is 7.77. The summed E-state index contributed by atoms with van der Waals surface area (Å²) in [5, 5.41) is 4.34. The number of esters is 1. The Morgan fingerprint density at radius 1 is 1.13 bits per heavy atom. The van der Waals surface area contributed by atoms with Crippen LogP contribution in [0.15, 0.2) is 60.8 Å². The molecule has 31 heavy (non-hydrogen) atoms. The number of nitrogens with zero attached hydrogens (tertiary/aromatic N) is 1. The summed E-state index contributed by atoms with van der Waals surface area (Å²) in [6.07, 6.45) is 2.57. The molecular formula is C26H30N2O3. The smallest absolute Gasteiger partial charge is 0.312 e. The zero-order valence-corrected chi connectivity index (χ0v) is 18.6. The fourth-order valence-corrected chi connectivity index (χ4v) is 4.30. The van der Waals surface area contributed by atoms with E-state index in [2.05, 4.69) is 5.32 Å². The minimum atomic E-state index is -0.674. The van der Waals surface area contributed by atoms with E-state index in [1.54, 1.807) is 0 Å². The first-order chi connectivity index (χ1) is 14.7. The number of carbonyl (C=O) groups is 2. The molecule has 0 amide bonds. The second-order valence-corrected chi connectivity index (χ2v) is 9.70. The van der Waals surface area contributed by atoms with Crippen molar-refractivity contribution in [3.8, 4) is 0 Å². The van der Waals surface area contributed by atoms with Crippen molar-refractivity contribution in [3.63, 3.8) is 0 Å². The van der Waals surface area contributed by atoms with Crippen LogP contribution in [-0.2, 0) is 23.0 Å². The third-order valence-corrected chi connectivity index (χ3v) is 6.12. The number of aromatic nitrogens is 1. The fraction of sp³-hybridized carbons (Fsp3) is 0.385. The lowest BCUT2D eigenvalue weighted by atomic mass is 9.74. The van der Waals surface area contributed by atoms with Gasteiger partial charge in [0.25, 0.3) is 0 Å². The number of rotatable bonds is 5. The maximum Gasteiger partial charge on any atom is 0.312 e. The first-order valence-electron chi connectivity index (χ1n) is 10.8. The largest absolute Gasteiger partial charge is 0.446 e. The number of ketones is 1. The molecule has 5 nitrogen and oxygen atoms in total. The molecule has 1 aromatic heterocycles. The second kappa shape index (κ2) is 7.97. The summed E-state index contributed by atoms with van der Waals surface area (Å²) in [5.74, 6) is -0.178. The Kier molecular flexibility index (Phi) is 5.48. The number of ether oxygens (including phenoxy) is 1. The van der Waals surface area contributed by atoms with Gasteiger partial charge in [-0.2, -0.15) is 0 Å². The number of carbonyl (C=O) groups excluding carboxylic acids is 2. The highest BCUT2D eigenvalue weighted by Crippen LogP contribution is 2.38. The summed E-state index contributed by atoms with van der Waals surface area (Å²) in [4.78, 5) is 26.3. The number of aryl methyl sites for hydroxylation is 1. The molecule has 0 saturated carbocycles. The topological polar surface area (TPSA) is 60.3 Å². The Morgan fingerprint density at radius 2 is 1.87 bits per heavy atom. The monoisotopic (exact) mass is 418 g/mol. The van der Waals surface area contributed by atoms with E-state index in [1.165, 1.54) is 0 Å². The number of hydrogen-bond acceptors (Lipinski definition) is 4. The molecule has 2 heterocycles. The molecule has 2 unspecified atom stereocenters. The zero-order valence-electron chi connectivity index (χ0n) is 18.6. The predicted octanol–water partition coefficient (Wildman–Crippen LogP) is 4.50. The molecule has 0 spiro atoms. The van der Waals surface area contributed by atoms with Gasteiger partial charge in [0.05, 0.1) is 10.8 Å². The molecule has 3 aromatic rings. The van der Waals surface area contributed by atoms with E-state index in [-0.39, 0.29) is 11.8 Å². The van der Waals surface area contributed by atoms with Crippen molar-refractivity contribution >= 4 is 22.7 Å². The van der Waals surface area contributed by atoms with Gasteiger partial charge < -0.3 is 9.30 Å². The van der Waals surface area contributed by atoms with Crippen molar-refractivity contribution in [1.29, 1.82) is 0 Å². The molecular weight excluding hydrogens is 388 g/mol. The van der Waals surface area contributed by atoms with Crippen LogP contribution in [0.5, 0.6) is 0 Å². The van der Waals surface area contributed by atoms with Gasteiger partial charge in [0.15, 0.2) is 12.0 Å². The van der Waals surface area contributed by atoms with Gasteiger partial charge in [0, 0.05) is 42.7 Å². The van der Waals surface area contributed by atoms with Gasteiger partial charge in [0.2, 0.25) is 0 Å². The minimum absolute atomic E-state index is 0.0870. The highest BCUT2D eigenvalue weighted by atomic mass is 16.6. The maximum absolute atomic E-state index is 13.9. The molecule has 0 aliphatic carbocycles. The lowest BCUT2D eigenvalue weighted by molar-refractivity contribution is -0.159. The van der Waals surface area contributed by atoms with Crippen LogP contribution in [0.4, 0.5) is 0 Å². The summed E-state index contributed by atoms with van der Waals surface area (Å²) in [6, 6.07) is 17.9. The third-order valence-electron chi connectivity index (χ3n) is 6.12. The number of benzene rings is 2. The van der Waals surface area contributed by atoms with E-state index in [4.69, 9.17) is 4.74 Å². The van der Waals surface area contributed by atoms with E-state index >= 15 is 0 Å². The lowest BCUT2D eigenvalue weighted by Crippen LogP contribution is -2.36. The van der Waals surface area contributed by atoms with E-state index in [1.807, 2.05) is 93.2 Å². The maximum atomic E-state index is 13.9. The van der Waals surface area contributed by atoms with Gasteiger partial charge in [0.1, 0.15) is 0 Å². The van der Waals surface area contributed by atoms with E-state index in [0.29, 0.717) is 24.9 Å². The summed E-state index contributed by atoms with van der Waals surface area (Å²) in [6.45, 7) is 5.97. The molecule has 5 heteroatoms. The molecule has 1 saturated heterocycles. The van der Waals surface area contributed by atoms with Crippen molar-refractivity contribution in [2.24, 2.45) is 17.9 Å². The quantitative estimate of drug-likeness (QED) is 0.490.